The van der Waals surface area contributed by atoms with Crippen LogP contribution in [0.5, 0.6) is 0 Å². The topological polar surface area (TPSA) is 61.4 Å². The second-order valence-electron chi connectivity index (χ2n) is 9.71. The lowest BCUT2D eigenvalue weighted by Crippen LogP contribution is -2.48. The highest BCUT2D eigenvalue weighted by Crippen LogP contribution is 2.61. The molecule has 0 radical (unpaired) electrons. The maximum atomic E-state index is 12.5. The van der Waals surface area contributed by atoms with Crippen LogP contribution < -0.4 is 15.5 Å². The van der Waals surface area contributed by atoms with Gasteiger partial charge in [-0.2, -0.15) is 0 Å². The van der Waals surface area contributed by atoms with Crippen molar-refractivity contribution < 1.29 is 9.59 Å². The van der Waals surface area contributed by atoms with E-state index in [0.717, 1.165) is 29.0 Å². The van der Waals surface area contributed by atoms with Crippen LogP contribution in [0.3, 0.4) is 0 Å². The Morgan fingerprint density at radius 1 is 0.929 bits per heavy atom. The molecule has 0 spiro atoms. The Bertz CT molecular complexity index is 691. The Balaban J connectivity index is 1.20. The summed E-state index contributed by atoms with van der Waals surface area (Å²) in [5.41, 5.74) is 2.41. The maximum Gasteiger partial charge on any atom is 0.239 e. The fraction of sp³-hybridized carbons (Fsp3) is 0.652. The zero-order valence-corrected chi connectivity index (χ0v) is 17.2. The number of carbonyl (C=O) groups is 2. The molecule has 5 heteroatoms. The third-order valence-electron chi connectivity index (χ3n) is 7.09. The molecule has 5 rings (SSSR count). The molecule has 1 aromatic carbocycles. The maximum absolute atomic E-state index is 12.5. The second kappa shape index (κ2) is 7.76. The Morgan fingerprint density at radius 2 is 1.50 bits per heavy atom. The van der Waals surface area contributed by atoms with E-state index in [9.17, 15) is 9.59 Å². The van der Waals surface area contributed by atoms with E-state index in [2.05, 4.69) is 10.6 Å². The van der Waals surface area contributed by atoms with Crippen molar-refractivity contribution in [3.63, 3.8) is 0 Å². The summed E-state index contributed by atoms with van der Waals surface area (Å²) in [5.74, 6) is 2.46. The Morgan fingerprint density at radius 3 is 2.04 bits per heavy atom. The van der Waals surface area contributed by atoms with Crippen molar-refractivity contribution >= 4 is 17.5 Å². The van der Waals surface area contributed by atoms with Gasteiger partial charge in [0.1, 0.15) is 0 Å². The average molecular weight is 384 g/mol. The van der Waals surface area contributed by atoms with Crippen LogP contribution >= 0.6 is 0 Å². The summed E-state index contributed by atoms with van der Waals surface area (Å²) in [6.45, 7) is 0.554. The van der Waals surface area contributed by atoms with Gasteiger partial charge in [-0.3, -0.25) is 9.59 Å². The van der Waals surface area contributed by atoms with Crippen LogP contribution in [0.4, 0.5) is 5.69 Å². The molecule has 4 saturated carbocycles. The molecule has 5 nitrogen and oxygen atoms in total. The highest BCUT2D eigenvalue weighted by atomic mass is 16.2. The van der Waals surface area contributed by atoms with E-state index in [1.165, 1.54) is 38.5 Å². The first-order valence-electron chi connectivity index (χ1n) is 10.7. The second-order valence-corrected chi connectivity index (χ2v) is 9.71. The highest BCUT2D eigenvalue weighted by molar-refractivity contribution is 5.85. The highest BCUT2D eigenvalue weighted by Gasteiger charge is 2.51. The Kier molecular flexibility index (Phi) is 5.35. The van der Waals surface area contributed by atoms with E-state index in [4.69, 9.17) is 0 Å². The lowest BCUT2D eigenvalue weighted by Gasteiger charge is -2.56. The Hall–Kier alpha value is -2.04. The van der Waals surface area contributed by atoms with Crippen molar-refractivity contribution in [1.29, 1.82) is 0 Å². The predicted octanol–water partition coefficient (Wildman–Crippen LogP) is 3.09. The zero-order chi connectivity index (χ0) is 19.7. The van der Waals surface area contributed by atoms with E-state index in [1.807, 2.05) is 43.3 Å². The summed E-state index contributed by atoms with van der Waals surface area (Å²) in [4.78, 5) is 26.7. The minimum Gasteiger partial charge on any atom is -0.378 e. The number of nitrogens with zero attached hydrogens (tertiary/aromatic N) is 1. The SMILES string of the molecule is CN(C)c1ccc(CNC(=O)CNC(=O)CC23CC4CC(CC(C4)C2)C3)cc1. The first-order valence-corrected chi connectivity index (χ1v) is 10.7. The largest absolute Gasteiger partial charge is 0.378 e. The number of benzene rings is 1. The molecule has 4 fully saturated rings. The van der Waals surface area contributed by atoms with Crippen LogP contribution in [0, 0.1) is 23.2 Å². The fourth-order valence-corrected chi connectivity index (χ4v) is 6.26. The number of amides is 2. The molecule has 4 bridgehead atoms. The van der Waals surface area contributed by atoms with Crippen molar-refractivity contribution in [1.82, 2.24) is 10.6 Å². The van der Waals surface area contributed by atoms with Gasteiger partial charge in [-0.05, 0) is 79.4 Å². The molecule has 28 heavy (non-hydrogen) atoms. The molecule has 0 heterocycles. The molecule has 0 unspecified atom stereocenters. The molecule has 4 aliphatic rings. The van der Waals surface area contributed by atoms with Crippen molar-refractivity contribution in [3.05, 3.63) is 29.8 Å². The van der Waals surface area contributed by atoms with Gasteiger partial charge < -0.3 is 15.5 Å². The van der Waals surface area contributed by atoms with Gasteiger partial charge in [-0.15, -0.1) is 0 Å². The summed E-state index contributed by atoms with van der Waals surface area (Å²) in [6, 6.07) is 8.10. The van der Waals surface area contributed by atoms with Gasteiger partial charge in [0.25, 0.3) is 0 Å². The number of hydrogen-bond donors (Lipinski definition) is 2. The van der Waals surface area contributed by atoms with E-state index >= 15 is 0 Å². The zero-order valence-electron chi connectivity index (χ0n) is 17.2. The quantitative estimate of drug-likeness (QED) is 0.761. The summed E-state index contributed by atoms with van der Waals surface area (Å²) in [7, 11) is 4.01. The van der Waals surface area contributed by atoms with Gasteiger partial charge in [0.05, 0.1) is 6.54 Å². The van der Waals surface area contributed by atoms with Crippen molar-refractivity contribution in [2.45, 2.75) is 51.5 Å². The van der Waals surface area contributed by atoms with Crippen LogP contribution in [0.2, 0.25) is 0 Å². The van der Waals surface area contributed by atoms with Gasteiger partial charge >= 0.3 is 0 Å². The number of rotatable bonds is 7. The van der Waals surface area contributed by atoms with Crippen LogP contribution in [0.1, 0.15) is 50.5 Å². The summed E-state index contributed by atoms with van der Waals surface area (Å²) in [6.07, 6.45) is 8.44. The number of carbonyl (C=O) groups excluding carboxylic acids is 2. The molecule has 2 N–H and O–H groups in total. The van der Waals surface area contributed by atoms with Crippen LogP contribution in [0.15, 0.2) is 24.3 Å². The van der Waals surface area contributed by atoms with E-state index in [1.54, 1.807) is 0 Å². The molecule has 4 aliphatic carbocycles. The van der Waals surface area contributed by atoms with Gasteiger partial charge in [-0.25, -0.2) is 0 Å². The van der Waals surface area contributed by atoms with E-state index in [0.29, 0.717) is 13.0 Å². The Labute approximate surface area is 168 Å². The number of nitrogens with one attached hydrogen (secondary N) is 2. The fourth-order valence-electron chi connectivity index (χ4n) is 6.26. The first-order chi connectivity index (χ1) is 13.4. The molecular weight excluding hydrogens is 350 g/mol. The third kappa shape index (κ3) is 4.34. The summed E-state index contributed by atoms with van der Waals surface area (Å²) in [5, 5.41) is 5.76. The van der Waals surface area contributed by atoms with Gasteiger partial charge in [-0.1, -0.05) is 12.1 Å². The minimum absolute atomic E-state index is 0.0486. The normalized spacial score (nSPS) is 30.1. The van der Waals surface area contributed by atoms with Gasteiger partial charge in [0.15, 0.2) is 0 Å². The minimum atomic E-state index is -0.129. The van der Waals surface area contributed by atoms with Crippen molar-refractivity contribution in [2.75, 3.05) is 25.5 Å². The standard InChI is InChI=1S/C23H33N3O2/c1-26(2)20-5-3-16(4-6-20)14-24-22(28)15-25-21(27)13-23-10-17-7-18(11-23)9-19(8-17)12-23/h3-6,17-19H,7-15H2,1-2H3,(H,24,28)(H,25,27). The number of anilines is 1. The number of hydrogen-bond acceptors (Lipinski definition) is 3. The monoisotopic (exact) mass is 383 g/mol. The lowest BCUT2D eigenvalue weighted by molar-refractivity contribution is -0.131. The van der Waals surface area contributed by atoms with Crippen LogP contribution in [0.25, 0.3) is 0 Å². The van der Waals surface area contributed by atoms with E-state index in [-0.39, 0.29) is 23.8 Å². The summed E-state index contributed by atoms with van der Waals surface area (Å²) < 4.78 is 0. The molecule has 0 saturated heterocycles. The molecule has 1 aromatic rings. The van der Waals surface area contributed by atoms with Gasteiger partial charge in [0.2, 0.25) is 11.8 Å². The smallest absolute Gasteiger partial charge is 0.239 e. The lowest BCUT2D eigenvalue weighted by atomic mass is 9.49. The predicted molar refractivity (Wildman–Crippen MR) is 111 cm³/mol. The third-order valence-corrected chi connectivity index (χ3v) is 7.09. The molecular formula is C23H33N3O2. The van der Waals surface area contributed by atoms with Crippen molar-refractivity contribution in [2.24, 2.45) is 23.2 Å². The van der Waals surface area contributed by atoms with E-state index < -0.39 is 0 Å². The van der Waals surface area contributed by atoms with Crippen LogP contribution in [-0.2, 0) is 16.1 Å². The summed E-state index contributed by atoms with van der Waals surface area (Å²) >= 11 is 0. The molecule has 0 aromatic heterocycles. The van der Waals surface area contributed by atoms with Crippen LogP contribution in [-0.4, -0.2) is 32.5 Å². The molecule has 152 valence electrons. The first kappa shape index (κ1) is 19.3. The van der Waals surface area contributed by atoms with Gasteiger partial charge in [0, 0.05) is 32.7 Å². The molecule has 2 amide bonds. The average Bonchev–Trinajstić information content (AvgIpc) is 2.63. The molecule has 0 atom stereocenters. The van der Waals surface area contributed by atoms with Crippen molar-refractivity contribution in [3.8, 4) is 0 Å². The molecule has 0 aliphatic heterocycles.